The van der Waals surface area contributed by atoms with E-state index in [0.29, 0.717) is 0 Å². The van der Waals surface area contributed by atoms with Crippen LogP contribution in [0.3, 0.4) is 0 Å². The summed E-state index contributed by atoms with van der Waals surface area (Å²) in [6.07, 6.45) is 3.05. The molecule has 0 radical (unpaired) electrons. The van der Waals surface area contributed by atoms with Crippen molar-refractivity contribution in [1.82, 2.24) is 10.1 Å². The first-order valence-electron chi connectivity index (χ1n) is 4.09. The first-order valence-corrected chi connectivity index (χ1v) is 4.09. The molecule has 0 aromatic rings. The van der Waals surface area contributed by atoms with Crippen LogP contribution in [0.15, 0.2) is 5.10 Å². The summed E-state index contributed by atoms with van der Waals surface area (Å²) < 4.78 is 5.24. The molecule has 0 aromatic heterocycles. The molecule has 2 heterocycles. The highest BCUT2D eigenvalue weighted by molar-refractivity contribution is 5.58. The van der Waals surface area contributed by atoms with Crippen molar-refractivity contribution >= 4 is 6.21 Å². The molecule has 0 amide bonds. The third-order valence-electron chi connectivity index (χ3n) is 1.99. The molecular formula is C7H13N3O. The van der Waals surface area contributed by atoms with Gasteiger partial charge in [-0.15, -0.1) is 0 Å². The van der Waals surface area contributed by atoms with Crippen LogP contribution in [0.4, 0.5) is 0 Å². The first kappa shape index (κ1) is 7.06. The Hall–Kier alpha value is -0.610. The highest BCUT2D eigenvalue weighted by Crippen LogP contribution is 2.07. The largest absolute Gasteiger partial charge is 0.379 e. The molecular weight excluding hydrogens is 142 g/mol. The fourth-order valence-electron chi connectivity index (χ4n) is 1.38. The quantitative estimate of drug-likeness (QED) is 0.530. The Bertz CT molecular complexity index is 154. The van der Waals surface area contributed by atoms with Gasteiger partial charge in [0.05, 0.1) is 19.8 Å². The second kappa shape index (κ2) is 3.19. The van der Waals surface area contributed by atoms with Gasteiger partial charge in [-0.2, -0.15) is 5.10 Å². The second-order valence-electron chi connectivity index (χ2n) is 2.75. The summed E-state index contributed by atoms with van der Waals surface area (Å²) in [6.45, 7) is 4.69. The number of hydrogen-bond donors (Lipinski definition) is 0. The molecule has 0 bridgehead atoms. The van der Waals surface area contributed by atoms with Crippen molar-refractivity contribution in [3.05, 3.63) is 0 Å². The highest BCUT2D eigenvalue weighted by atomic mass is 16.5. The van der Waals surface area contributed by atoms with E-state index >= 15 is 0 Å². The van der Waals surface area contributed by atoms with Crippen LogP contribution in [0.5, 0.6) is 0 Å². The summed E-state index contributed by atoms with van der Waals surface area (Å²) in [5.41, 5.74) is 0. The van der Waals surface area contributed by atoms with Gasteiger partial charge in [0.1, 0.15) is 0 Å². The van der Waals surface area contributed by atoms with Gasteiger partial charge >= 0.3 is 0 Å². The van der Waals surface area contributed by atoms with Crippen molar-refractivity contribution in [3.63, 3.8) is 0 Å². The van der Waals surface area contributed by atoms with Gasteiger partial charge in [0, 0.05) is 25.7 Å². The van der Waals surface area contributed by atoms with Crippen LogP contribution in [0.25, 0.3) is 0 Å². The van der Waals surface area contributed by atoms with Crippen LogP contribution < -0.4 is 0 Å². The monoisotopic (exact) mass is 155 g/mol. The Kier molecular flexibility index (Phi) is 2.05. The second-order valence-corrected chi connectivity index (χ2v) is 2.75. The maximum Gasteiger partial charge on any atom is 0.0613 e. The van der Waals surface area contributed by atoms with E-state index in [-0.39, 0.29) is 0 Å². The molecule has 4 nitrogen and oxygen atoms in total. The minimum atomic E-state index is 0.839. The number of ether oxygens (including phenoxy) is 1. The van der Waals surface area contributed by atoms with E-state index < -0.39 is 0 Å². The van der Waals surface area contributed by atoms with Crippen LogP contribution in [-0.4, -0.2) is 49.2 Å². The van der Waals surface area contributed by atoms with Gasteiger partial charge in [0.2, 0.25) is 0 Å². The molecule has 4 heteroatoms. The minimum absolute atomic E-state index is 0.839. The van der Waals surface area contributed by atoms with Crippen molar-refractivity contribution < 1.29 is 4.74 Å². The topological polar surface area (TPSA) is 28.1 Å². The lowest BCUT2D eigenvalue weighted by Gasteiger charge is -2.32. The third-order valence-corrected chi connectivity index (χ3v) is 1.99. The Morgan fingerprint density at radius 3 is 2.64 bits per heavy atom. The number of morpholine rings is 1. The van der Waals surface area contributed by atoms with Gasteiger partial charge in [0.25, 0.3) is 0 Å². The van der Waals surface area contributed by atoms with Gasteiger partial charge in [0.15, 0.2) is 0 Å². The normalized spacial score (nSPS) is 26.4. The average molecular weight is 155 g/mol. The van der Waals surface area contributed by atoms with E-state index in [1.54, 1.807) is 0 Å². The Morgan fingerprint density at radius 1 is 1.18 bits per heavy atom. The summed E-state index contributed by atoms with van der Waals surface area (Å²) in [4.78, 5) is 0. The molecule has 0 aliphatic carbocycles. The Labute approximate surface area is 66.4 Å². The van der Waals surface area contributed by atoms with E-state index in [2.05, 4.69) is 10.1 Å². The molecule has 11 heavy (non-hydrogen) atoms. The van der Waals surface area contributed by atoms with Crippen LogP contribution >= 0.6 is 0 Å². The lowest BCUT2D eigenvalue weighted by atomic mass is 10.5. The molecule has 0 unspecified atom stereocenters. The van der Waals surface area contributed by atoms with E-state index in [1.165, 1.54) is 0 Å². The van der Waals surface area contributed by atoms with E-state index in [1.807, 2.05) is 11.3 Å². The van der Waals surface area contributed by atoms with Crippen LogP contribution in [0.1, 0.15) is 6.42 Å². The van der Waals surface area contributed by atoms with Gasteiger partial charge in [-0.3, -0.25) is 0 Å². The van der Waals surface area contributed by atoms with E-state index in [4.69, 9.17) is 4.74 Å². The van der Waals surface area contributed by atoms with Gasteiger partial charge in [-0.1, -0.05) is 0 Å². The Morgan fingerprint density at radius 2 is 2.00 bits per heavy atom. The van der Waals surface area contributed by atoms with Gasteiger partial charge in [-0.05, 0) is 0 Å². The molecule has 0 saturated carbocycles. The molecule has 2 aliphatic rings. The molecule has 62 valence electrons. The molecule has 2 aliphatic heterocycles. The van der Waals surface area contributed by atoms with Gasteiger partial charge in [-0.25, -0.2) is 10.1 Å². The maximum atomic E-state index is 5.24. The Balaban J connectivity index is 1.87. The lowest BCUT2D eigenvalue weighted by molar-refractivity contribution is -0.0833. The maximum absolute atomic E-state index is 5.24. The summed E-state index contributed by atoms with van der Waals surface area (Å²) >= 11 is 0. The zero-order valence-corrected chi connectivity index (χ0v) is 6.57. The smallest absolute Gasteiger partial charge is 0.0613 e. The molecule has 1 fully saturated rings. The first-order chi connectivity index (χ1) is 5.47. The minimum Gasteiger partial charge on any atom is -0.379 e. The fraction of sp³-hybridized carbons (Fsp3) is 0.857. The molecule has 0 N–H and O–H groups in total. The molecule has 0 spiro atoms. The predicted molar refractivity (Wildman–Crippen MR) is 42.2 cm³/mol. The summed E-state index contributed by atoms with van der Waals surface area (Å²) in [5, 5.41) is 8.53. The van der Waals surface area contributed by atoms with Crippen molar-refractivity contribution in [2.24, 2.45) is 5.10 Å². The highest BCUT2D eigenvalue weighted by Gasteiger charge is 2.17. The zero-order valence-electron chi connectivity index (χ0n) is 6.57. The fourth-order valence-corrected chi connectivity index (χ4v) is 1.38. The third kappa shape index (κ3) is 1.52. The average Bonchev–Trinajstić information content (AvgIpc) is 2.58. The van der Waals surface area contributed by atoms with Crippen molar-refractivity contribution in [3.8, 4) is 0 Å². The molecule has 0 atom stereocenters. The summed E-state index contributed by atoms with van der Waals surface area (Å²) in [7, 11) is 0. The molecule has 1 saturated heterocycles. The number of hydrazone groups is 1. The van der Waals surface area contributed by atoms with Crippen LogP contribution in [0.2, 0.25) is 0 Å². The van der Waals surface area contributed by atoms with E-state index in [0.717, 1.165) is 39.3 Å². The van der Waals surface area contributed by atoms with Crippen molar-refractivity contribution in [1.29, 1.82) is 0 Å². The number of hydrazine groups is 1. The summed E-state index contributed by atoms with van der Waals surface area (Å²) in [6, 6.07) is 0. The number of rotatable bonds is 1. The predicted octanol–water partition coefficient (Wildman–Crippen LogP) is -0.0749. The molecule has 0 aromatic carbocycles. The van der Waals surface area contributed by atoms with Gasteiger partial charge < -0.3 is 4.74 Å². The summed E-state index contributed by atoms with van der Waals surface area (Å²) in [5.74, 6) is 0. The number of hydrogen-bond acceptors (Lipinski definition) is 4. The van der Waals surface area contributed by atoms with Crippen LogP contribution in [0, 0.1) is 0 Å². The SMILES string of the molecule is C1=NN(N2CCOCC2)CC1. The van der Waals surface area contributed by atoms with Crippen molar-refractivity contribution in [2.45, 2.75) is 6.42 Å². The zero-order chi connectivity index (χ0) is 7.52. The number of nitrogens with zero attached hydrogens (tertiary/aromatic N) is 3. The van der Waals surface area contributed by atoms with Crippen molar-refractivity contribution in [2.75, 3.05) is 32.8 Å². The van der Waals surface area contributed by atoms with E-state index in [9.17, 15) is 0 Å². The lowest BCUT2D eigenvalue weighted by Crippen LogP contribution is -2.45. The standard InChI is InChI=1S/C7H13N3O/c1-2-8-10(3-1)9-4-6-11-7-5-9/h2H,1,3-7H2. The molecule has 2 rings (SSSR count). The van der Waals surface area contributed by atoms with Crippen LogP contribution in [-0.2, 0) is 4.74 Å².